The first-order valence-corrected chi connectivity index (χ1v) is 9.55. The van der Waals surface area contributed by atoms with Crippen LogP contribution in [0.15, 0.2) is 24.3 Å². The summed E-state index contributed by atoms with van der Waals surface area (Å²) in [5.41, 5.74) is 5.69. The summed E-state index contributed by atoms with van der Waals surface area (Å²) in [6.45, 7) is 1.05. The van der Waals surface area contributed by atoms with Gasteiger partial charge in [-0.2, -0.15) is 0 Å². The van der Waals surface area contributed by atoms with Crippen molar-refractivity contribution in [1.82, 2.24) is 5.32 Å². The van der Waals surface area contributed by atoms with E-state index in [9.17, 15) is 9.59 Å². The molecule has 0 spiro atoms. The molecule has 6 nitrogen and oxygen atoms in total. The van der Waals surface area contributed by atoms with Crippen LogP contribution in [0.1, 0.15) is 55.3 Å². The molecule has 1 aliphatic carbocycles. The third-order valence-corrected chi connectivity index (χ3v) is 5.33. The molecule has 2 amide bonds. The van der Waals surface area contributed by atoms with E-state index >= 15 is 0 Å². The number of amides is 2. The summed E-state index contributed by atoms with van der Waals surface area (Å²) in [6, 6.07) is 6.64. The number of carbonyl (C=O) groups excluding carboxylic acids is 2. The normalized spacial score (nSPS) is 23.5. The minimum absolute atomic E-state index is 0.0596. The SMILES string of the molecule is NC(=O)c1ccc(O[C@@H]2COCC[C@H]2NC(=O)CCC2CCCC2)cc1. The molecule has 0 unspecified atom stereocenters. The van der Waals surface area contributed by atoms with Crippen LogP contribution in [0.25, 0.3) is 0 Å². The molecule has 3 rings (SSSR count). The van der Waals surface area contributed by atoms with Gasteiger partial charge in [-0.25, -0.2) is 0 Å². The Labute approximate surface area is 154 Å². The predicted molar refractivity (Wildman–Crippen MR) is 97.9 cm³/mol. The van der Waals surface area contributed by atoms with Crippen molar-refractivity contribution in [3.05, 3.63) is 29.8 Å². The molecule has 2 atom stereocenters. The van der Waals surface area contributed by atoms with Gasteiger partial charge in [0.05, 0.1) is 12.6 Å². The van der Waals surface area contributed by atoms with E-state index in [1.807, 2.05) is 0 Å². The maximum absolute atomic E-state index is 12.3. The summed E-state index contributed by atoms with van der Waals surface area (Å²) in [6.07, 6.45) is 7.19. The van der Waals surface area contributed by atoms with Gasteiger partial charge < -0.3 is 20.5 Å². The molecule has 0 bridgehead atoms. The van der Waals surface area contributed by atoms with Gasteiger partial charge in [-0.1, -0.05) is 25.7 Å². The first-order valence-electron chi connectivity index (χ1n) is 9.55. The zero-order chi connectivity index (χ0) is 18.4. The maximum atomic E-state index is 12.3. The Bertz CT molecular complexity index is 611. The topological polar surface area (TPSA) is 90.7 Å². The van der Waals surface area contributed by atoms with Gasteiger partial charge in [-0.3, -0.25) is 9.59 Å². The minimum Gasteiger partial charge on any atom is -0.486 e. The predicted octanol–water partition coefficient (Wildman–Crippen LogP) is 2.41. The molecule has 3 N–H and O–H groups in total. The van der Waals surface area contributed by atoms with Gasteiger partial charge in [-0.15, -0.1) is 0 Å². The number of carbonyl (C=O) groups is 2. The van der Waals surface area contributed by atoms with Crippen LogP contribution in [0.3, 0.4) is 0 Å². The van der Waals surface area contributed by atoms with Crippen molar-refractivity contribution in [3.63, 3.8) is 0 Å². The lowest BCUT2D eigenvalue weighted by Gasteiger charge is -2.32. The van der Waals surface area contributed by atoms with Gasteiger partial charge in [-0.05, 0) is 43.0 Å². The number of nitrogens with one attached hydrogen (secondary N) is 1. The minimum atomic E-state index is -0.468. The van der Waals surface area contributed by atoms with Crippen molar-refractivity contribution >= 4 is 11.8 Å². The van der Waals surface area contributed by atoms with Crippen molar-refractivity contribution in [2.45, 2.75) is 57.1 Å². The van der Waals surface area contributed by atoms with E-state index in [0.29, 0.717) is 36.9 Å². The summed E-state index contributed by atoms with van der Waals surface area (Å²) in [5, 5.41) is 3.12. The summed E-state index contributed by atoms with van der Waals surface area (Å²) in [7, 11) is 0. The standard InChI is InChI=1S/C20H28N2O4/c21-20(24)15-6-8-16(9-7-15)26-18-13-25-12-11-17(18)22-19(23)10-5-14-3-1-2-4-14/h6-9,14,17-18H,1-5,10-13H2,(H2,21,24)(H,22,23)/t17-,18-/m1/s1. The summed E-state index contributed by atoms with van der Waals surface area (Å²) < 4.78 is 11.5. The largest absolute Gasteiger partial charge is 0.486 e. The van der Waals surface area contributed by atoms with Gasteiger partial charge in [0.2, 0.25) is 11.8 Å². The average molecular weight is 360 g/mol. The number of ether oxygens (including phenoxy) is 2. The molecule has 2 fully saturated rings. The molecule has 2 aliphatic rings. The quantitative estimate of drug-likeness (QED) is 0.781. The lowest BCUT2D eigenvalue weighted by atomic mass is 10.0. The van der Waals surface area contributed by atoms with Crippen molar-refractivity contribution < 1.29 is 19.1 Å². The van der Waals surface area contributed by atoms with Gasteiger partial charge >= 0.3 is 0 Å². The molecule has 1 aliphatic heterocycles. The molecule has 1 saturated heterocycles. The van der Waals surface area contributed by atoms with Gasteiger partial charge in [0.25, 0.3) is 0 Å². The fraction of sp³-hybridized carbons (Fsp3) is 0.600. The lowest BCUT2D eigenvalue weighted by molar-refractivity contribution is -0.124. The number of primary amides is 1. The third-order valence-electron chi connectivity index (χ3n) is 5.33. The Kier molecular flexibility index (Phi) is 6.50. The van der Waals surface area contributed by atoms with E-state index in [2.05, 4.69) is 5.32 Å². The Hall–Kier alpha value is -2.08. The van der Waals surface area contributed by atoms with Crippen molar-refractivity contribution in [1.29, 1.82) is 0 Å². The molecule has 1 saturated carbocycles. The number of nitrogens with two attached hydrogens (primary N) is 1. The van der Waals surface area contributed by atoms with Crippen molar-refractivity contribution in [2.24, 2.45) is 11.7 Å². The first-order chi connectivity index (χ1) is 12.6. The molecular formula is C20H28N2O4. The summed E-state index contributed by atoms with van der Waals surface area (Å²) >= 11 is 0. The second kappa shape index (κ2) is 9.03. The van der Waals surface area contributed by atoms with Crippen LogP contribution in [0.2, 0.25) is 0 Å². The Balaban J connectivity index is 1.51. The molecule has 1 aromatic rings. The molecule has 142 valence electrons. The van der Waals surface area contributed by atoms with Crippen LogP contribution < -0.4 is 15.8 Å². The van der Waals surface area contributed by atoms with Crippen LogP contribution in [0.4, 0.5) is 0 Å². The Morgan fingerprint density at radius 1 is 1.15 bits per heavy atom. The van der Waals surface area contributed by atoms with E-state index in [0.717, 1.165) is 12.8 Å². The zero-order valence-electron chi connectivity index (χ0n) is 15.1. The first kappa shape index (κ1) is 18.7. The van der Waals surface area contributed by atoms with Crippen LogP contribution in [0, 0.1) is 5.92 Å². The van der Waals surface area contributed by atoms with Crippen molar-refractivity contribution in [2.75, 3.05) is 13.2 Å². The number of hydrogen-bond donors (Lipinski definition) is 2. The van der Waals surface area contributed by atoms with Gasteiger partial charge in [0, 0.05) is 18.6 Å². The van der Waals surface area contributed by atoms with Crippen LogP contribution >= 0.6 is 0 Å². The van der Waals surface area contributed by atoms with E-state index in [4.69, 9.17) is 15.2 Å². The third kappa shape index (κ3) is 5.21. The number of rotatable bonds is 7. The average Bonchev–Trinajstić information content (AvgIpc) is 3.16. The highest BCUT2D eigenvalue weighted by Gasteiger charge is 2.29. The van der Waals surface area contributed by atoms with Crippen LogP contribution in [0.5, 0.6) is 5.75 Å². The van der Waals surface area contributed by atoms with E-state index in [1.165, 1.54) is 25.7 Å². The molecular weight excluding hydrogens is 332 g/mol. The Morgan fingerprint density at radius 3 is 2.58 bits per heavy atom. The van der Waals surface area contributed by atoms with Crippen molar-refractivity contribution in [3.8, 4) is 5.75 Å². The monoisotopic (exact) mass is 360 g/mol. The lowest BCUT2D eigenvalue weighted by Crippen LogP contribution is -2.51. The van der Waals surface area contributed by atoms with E-state index in [-0.39, 0.29) is 18.1 Å². The number of hydrogen-bond acceptors (Lipinski definition) is 4. The molecule has 0 radical (unpaired) electrons. The van der Waals surface area contributed by atoms with Gasteiger partial charge in [0.15, 0.2) is 0 Å². The molecule has 6 heteroatoms. The Morgan fingerprint density at radius 2 is 1.88 bits per heavy atom. The molecule has 26 heavy (non-hydrogen) atoms. The number of benzene rings is 1. The molecule has 0 aromatic heterocycles. The second-order valence-electron chi connectivity index (χ2n) is 7.27. The summed E-state index contributed by atoms with van der Waals surface area (Å²) in [4.78, 5) is 23.5. The highest BCUT2D eigenvalue weighted by Crippen LogP contribution is 2.28. The highest BCUT2D eigenvalue weighted by molar-refractivity contribution is 5.92. The zero-order valence-corrected chi connectivity index (χ0v) is 15.1. The molecule has 1 aromatic carbocycles. The van der Waals surface area contributed by atoms with Crippen LogP contribution in [-0.2, 0) is 9.53 Å². The van der Waals surface area contributed by atoms with E-state index < -0.39 is 5.91 Å². The highest BCUT2D eigenvalue weighted by atomic mass is 16.5. The van der Waals surface area contributed by atoms with E-state index in [1.54, 1.807) is 24.3 Å². The maximum Gasteiger partial charge on any atom is 0.248 e. The fourth-order valence-electron chi connectivity index (χ4n) is 3.78. The molecule has 1 heterocycles. The van der Waals surface area contributed by atoms with Gasteiger partial charge in [0.1, 0.15) is 11.9 Å². The van der Waals surface area contributed by atoms with Crippen LogP contribution in [-0.4, -0.2) is 37.2 Å². The summed E-state index contributed by atoms with van der Waals surface area (Å²) in [5.74, 6) is 0.980. The second-order valence-corrected chi connectivity index (χ2v) is 7.27. The fourth-order valence-corrected chi connectivity index (χ4v) is 3.78. The smallest absolute Gasteiger partial charge is 0.248 e.